The zero-order valence-corrected chi connectivity index (χ0v) is 13.8. The molecule has 0 radical (unpaired) electrons. The molecule has 0 unspecified atom stereocenters. The van der Waals surface area contributed by atoms with Crippen molar-refractivity contribution in [3.8, 4) is 0 Å². The molecule has 1 heterocycles. The maximum absolute atomic E-state index is 4.34. The number of nitrogens with one attached hydrogen (secondary N) is 1. The van der Waals surface area contributed by atoms with E-state index in [1.54, 1.807) is 12.4 Å². The number of rotatable bonds is 4. The Morgan fingerprint density at radius 1 is 0.952 bits per heavy atom. The monoisotopic (exact) mass is 285 g/mol. The molecular weight excluding hydrogens is 258 g/mol. The molecule has 3 heteroatoms. The molecule has 2 aromatic rings. The first-order valence-corrected chi connectivity index (χ1v) is 7.58. The molecule has 0 saturated heterocycles. The van der Waals surface area contributed by atoms with Crippen molar-refractivity contribution < 1.29 is 0 Å². The lowest BCUT2D eigenvalue weighted by Gasteiger charge is -2.06. The van der Waals surface area contributed by atoms with Gasteiger partial charge in [-0.15, -0.1) is 0 Å². The van der Waals surface area contributed by atoms with Crippen molar-refractivity contribution in [2.75, 3.05) is 7.05 Å². The molecule has 1 aromatic carbocycles. The van der Waals surface area contributed by atoms with Crippen LogP contribution in [0.3, 0.4) is 0 Å². The van der Waals surface area contributed by atoms with Crippen LogP contribution in [-0.4, -0.2) is 17.7 Å². The lowest BCUT2D eigenvalue weighted by atomic mass is 10.0. The lowest BCUT2D eigenvalue weighted by Crippen LogP contribution is -2.10. The van der Waals surface area contributed by atoms with Gasteiger partial charge in [0.15, 0.2) is 0 Å². The first-order valence-electron chi connectivity index (χ1n) is 7.58. The van der Waals surface area contributed by atoms with Crippen LogP contribution in [-0.2, 0) is 6.42 Å². The lowest BCUT2D eigenvalue weighted by molar-refractivity contribution is 0.894. The normalized spacial score (nSPS) is 9.67. The van der Waals surface area contributed by atoms with E-state index in [2.05, 4.69) is 27.6 Å². The molecule has 21 heavy (non-hydrogen) atoms. The van der Waals surface area contributed by atoms with E-state index >= 15 is 0 Å². The summed E-state index contributed by atoms with van der Waals surface area (Å²) in [6.45, 7) is 8.00. The van der Waals surface area contributed by atoms with Gasteiger partial charge < -0.3 is 5.43 Å². The second kappa shape index (κ2) is 12.9. The van der Waals surface area contributed by atoms with Crippen molar-refractivity contribution in [3.05, 3.63) is 66.0 Å². The van der Waals surface area contributed by atoms with Gasteiger partial charge >= 0.3 is 0 Å². The van der Waals surface area contributed by atoms with Gasteiger partial charge in [0.05, 0.1) is 5.71 Å². The number of hydrazone groups is 1. The van der Waals surface area contributed by atoms with Crippen molar-refractivity contribution in [2.45, 2.75) is 34.1 Å². The smallest absolute Gasteiger partial charge is 0.0718 e. The summed E-state index contributed by atoms with van der Waals surface area (Å²) in [5.41, 5.74) is 6.23. The van der Waals surface area contributed by atoms with E-state index in [9.17, 15) is 0 Å². The number of pyridine rings is 1. The van der Waals surface area contributed by atoms with Gasteiger partial charge in [0, 0.05) is 25.9 Å². The Balaban J connectivity index is 0.000000921. The summed E-state index contributed by atoms with van der Waals surface area (Å²) in [4.78, 5) is 4.02. The summed E-state index contributed by atoms with van der Waals surface area (Å²) in [6, 6.07) is 14.2. The van der Waals surface area contributed by atoms with E-state index in [1.165, 1.54) is 5.56 Å². The van der Waals surface area contributed by atoms with Gasteiger partial charge in [0.25, 0.3) is 0 Å². The predicted octanol–water partition coefficient (Wildman–Crippen LogP) is 4.30. The molecule has 0 spiro atoms. The van der Waals surface area contributed by atoms with Crippen molar-refractivity contribution in [3.63, 3.8) is 0 Å². The Bertz CT molecular complexity index is 478. The zero-order valence-electron chi connectivity index (χ0n) is 13.8. The maximum atomic E-state index is 4.34. The van der Waals surface area contributed by atoms with Crippen LogP contribution in [0.1, 0.15) is 38.8 Å². The fourth-order valence-electron chi connectivity index (χ4n) is 1.67. The Hall–Kier alpha value is -2.16. The maximum Gasteiger partial charge on any atom is 0.0718 e. The molecular formula is C18H27N3. The van der Waals surface area contributed by atoms with Crippen molar-refractivity contribution in [1.82, 2.24) is 10.4 Å². The van der Waals surface area contributed by atoms with E-state index in [0.29, 0.717) is 0 Å². The minimum atomic E-state index is 0.799. The molecule has 1 aromatic heterocycles. The Kier molecular flexibility index (Phi) is 11.5. The summed E-state index contributed by atoms with van der Waals surface area (Å²) in [7, 11) is 1.81. The number of nitrogens with zero attached hydrogens (tertiary/aromatic N) is 2. The molecule has 0 bridgehead atoms. The molecule has 0 aliphatic rings. The third-order valence-corrected chi connectivity index (χ3v) is 2.47. The largest absolute Gasteiger partial charge is 0.313 e. The highest BCUT2D eigenvalue weighted by Gasteiger charge is 2.04. The highest BCUT2D eigenvalue weighted by Crippen LogP contribution is 2.07. The average Bonchev–Trinajstić information content (AvgIpc) is 2.60. The molecule has 0 aliphatic heterocycles. The van der Waals surface area contributed by atoms with Gasteiger partial charge in [-0.2, -0.15) is 5.10 Å². The topological polar surface area (TPSA) is 37.3 Å². The van der Waals surface area contributed by atoms with Crippen molar-refractivity contribution in [1.29, 1.82) is 0 Å². The number of benzene rings is 1. The predicted molar refractivity (Wildman–Crippen MR) is 92.7 cm³/mol. The van der Waals surface area contributed by atoms with Crippen LogP contribution in [0.4, 0.5) is 0 Å². The van der Waals surface area contributed by atoms with E-state index in [0.717, 1.165) is 17.7 Å². The molecule has 3 nitrogen and oxygen atoms in total. The fourth-order valence-corrected chi connectivity index (χ4v) is 1.67. The van der Waals surface area contributed by atoms with Crippen molar-refractivity contribution in [2.24, 2.45) is 5.10 Å². The first kappa shape index (κ1) is 18.8. The second-order valence-corrected chi connectivity index (χ2v) is 3.68. The summed E-state index contributed by atoms with van der Waals surface area (Å²) >= 11 is 0. The van der Waals surface area contributed by atoms with E-state index in [4.69, 9.17) is 0 Å². The third-order valence-electron chi connectivity index (χ3n) is 2.47. The number of aromatic nitrogens is 1. The standard InChI is InChI=1S/C14H15N3.2C2H6/c1-15-17-14(13-5-3-2-4-6-13)11-12-7-9-16-10-8-12;2*1-2/h2-10,15H,11H2,1H3;2*1-2H3/b17-14-;;. The van der Waals surface area contributed by atoms with Gasteiger partial charge in [-0.3, -0.25) is 4.98 Å². The van der Waals surface area contributed by atoms with Gasteiger partial charge in [-0.25, -0.2) is 0 Å². The molecule has 114 valence electrons. The second-order valence-electron chi connectivity index (χ2n) is 3.68. The minimum absolute atomic E-state index is 0.799. The van der Waals surface area contributed by atoms with Crippen LogP contribution in [0.25, 0.3) is 0 Å². The van der Waals surface area contributed by atoms with Crippen molar-refractivity contribution >= 4 is 5.71 Å². The zero-order chi connectivity index (χ0) is 15.9. The minimum Gasteiger partial charge on any atom is -0.313 e. The van der Waals surface area contributed by atoms with E-state index < -0.39 is 0 Å². The highest BCUT2D eigenvalue weighted by molar-refractivity contribution is 6.01. The summed E-state index contributed by atoms with van der Waals surface area (Å²) < 4.78 is 0. The quantitative estimate of drug-likeness (QED) is 0.671. The number of hydrogen-bond donors (Lipinski definition) is 1. The van der Waals surface area contributed by atoms with Crippen LogP contribution in [0.2, 0.25) is 0 Å². The van der Waals surface area contributed by atoms with Crippen LogP contribution >= 0.6 is 0 Å². The summed E-state index contributed by atoms with van der Waals surface area (Å²) in [6.07, 6.45) is 4.40. The third kappa shape index (κ3) is 7.25. The van der Waals surface area contributed by atoms with E-state index in [1.807, 2.05) is 65.1 Å². The first-order chi connectivity index (χ1) is 10.4. The van der Waals surface area contributed by atoms with Crippen LogP contribution < -0.4 is 5.43 Å². The Morgan fingerprint density at radius 2 is 1.52 bits per heavy atom. The Morgan fingerprint density at radius 3 is 2.05 bits per heavy atom. The summed E-state index contributed by atoms with van der Waals surface area (Å²) in [5.74, 6) is 0. The van der Waals surface area contributed by atoms with Crippen LogP contribution in [0, 0.1) is 0 Å². The van der Waals surface area contributed by atoms with Crippen LogP contribution in [0.5, 0.6) is 0 Å². The van der Waals surface area contributed by atoms with Gasteiger partial charge in [0.1, 0.15) is 0 Å². The fraction of sp³-hybridized carbons (Fsp3) is 0.333. The molecule has 0 aliphatic carbocycles. The molecule has 2 rings (SSSR count). The highest BCUT2D eigenvalue weighted by atomic mass is 15.3. The molecule has 0 atom stereocenters. The average molecular weight is 285 g/mol. The summed E-state index contributed by atoms with van der Waals surface area (Å²) in [5, 5.41) is 4.34. The Labute approximate surface area is 129 Å². The van der Waals surface area contributed by atoms with Gasteiger partial charge in [0.2, 0.25) is 0 Å². The SMILES string of the molecule is CC.CC.CN/N=C(/Cc1ccncc1)c1ccccc1. The van der Waals surface area contributed by atoms with Crippen LogP contribution in [0.15, 0.2) is 60.0 Å². The van der Waals surface area contributed by atoms with Gasteiger partial charge in [-0.05, 0) is 23.3 Å². The molecule has 0 amide bonds. The molecule has 1 N–H and O–H groups in total. The number of hydrogen-bond acceptors (Lipinski definition) is 3. The molecule has 0 saturated carbocycles. The van der Waals surface area contributed by atoms with Gasteiger partial charge in [-0.1, -0.05) is 58.0 Å². The van der Waals surface area contributed by atoms with E-state index in [-0.39, 0.29) is 0 Å². The molecule has 0 fully saturated rings.